The lowest BCUT2D eigenvalue weighted by atomic mass is 10.0. The predicted octanol–water partition coefficient (Wildman–Crippen LogP) is 0.800. The van der Waals surface area contributed by atoms with Crippen molar-refractivity contribution < 1.29 is 14.4 Å². The van der Waals surface area contributed by atoms with Crippen LogP contribution in [0.25, 0.3) is 11.3 Å². The number of carbonyl (C=O) groups excluding carboxylic acids is 3. The van der Waals surface area contributed by atoms with Crippen LogP contribution in [-0.2, 0) is 16.0 Å². The fourth-order valence-corrected chi connectivity index (χ4v) is 2.62. The Morgan fingerprint density at radius 1 is 1.12 bits per heavy atom. The highest BCUT2D eigenvalue weighted by Crippen LogP contribution is 2.21. The summed E-state index contributed by atoms with van der Waals surface area (Å²) in [5, 5.41) is 2.60. The molecule has 3 rings (SSSR count). The van der Waals surface area contributed by atoms with Gasteiger partial charge in [0.2, 0.25) is 5.78 Å². The molecule has 0 saturated heterocycles. The number of hydrogen-bond acceptors (Lipinski definition) is 4. The van der Waals surface area contributed by atoms with Gasteiger partial charge in [-0.2, -0.15) is 0 Å². The van der Waals surface area contributed by atoms with E-state index in [1.165, 1.54) is 6.20 Å². The Morgan fingerprint density at radius 2 is 1.96 bits per heavy atom. The number of aromatic nitrogens is 3. The van der Waals surface area contributed by atoms with E-state index in [9.17, 15) is 14.4 Å². The minimum Gasteiger partial charge on any atom is -0.367 e. The number of primary amides is 1. The molecule has 3 aromatic heterocycles. The van der Waals surface area contributed by atoms with E-state index in [1.807, 2.05) is 6.07 Å². The molecule has 3 heterocycles. The van der Waals surface area contributed by atoms with Gasteiger partial charge in [0.05, 0.1) is 11.3 Å². The van der Waals surface area contributed by atoms with Crippen LogP contribution in [0, 0.1) is 0 Å². The number of nitrogens with one attached hydrogen (secondary N) is 3. The monoisotopic (exact) mass is 351 g/mol. The molecule has 0 fully saturated rings. The van der Waals surface area contributed by atoms with E-state index in [2.05, 4.69) is 20.3 Å². The first-order valence-corrected chi connectivity index (χ1v) is 7.90. The van der Waals surface area contributed by atoms with Gasteiger partial charge in [0.1, 0.15) is 6.04 Å². The number of pyridine rings is 1. The minimum absolute atomic E-state index is 0.153. The summed E-state index contributed by atoms with van der Waals surface area (Å²) in [6, 6.07) is 6.05. The summed E-state index contributed by atoms with van der Waals surface area (Å²) in [5.41, 5.74) is 7.41. The van der Waals surface area contributed by atoms with Crippen molar-refractivity contribution in [1.82, 2.24) is 20.3 Å². The van der Waals surface area contributed by atoms with E-state index < -0.39 is 23.6 Å². The van der Waals surface area contributed by atoms with Gasteiger partial charge in [0.15, 0.2) is 0 Å². The molecule has 0 radical (unpaired) electrons. The molecule has 0 aliphatic heterocycles. The Balaban J connectivity index is 1.83. The van der Waals surface area contributed by atoms with E-state index in [0.717, 1.165) is 5.56 Å². The zero-order valence-corrected chi connectivity index (χ0v) is 13.7. The number of rotatable bonds is 7. The third-order valence-electron chi connectivity index (χ3n) is 3.90. The fraction of sp³-hybridized carbons (Fsp3) is 0.111. The van der Waals surface area contributed by atoms with Gasteiger partial charge in [-0.05, 0) is 23.8 Å². The lowest BCUT2D eigenvalue weighted by Gasteiger charge is -2.16. The van der Waals surface area contributed by atoms with Crippen LogP contribution in [0.5, 0.6) is 0 Å². The van der Waals surface area contributed by atoms with Crippen molar-refractivity contribution in [2.75, 3.05) is 0 Å². The Hall–Kier alpha value is -3.68. The van der Waals surface area contributed by atoms with Crippen LogP contribution in [0.4, 0.5) is 0 Å². The molecule has 1 atom stereocenters. The van der Waals surface area contributed by atoms with E-state index >= 15 is 0 Å². The quantitative estimate of drug-likeness (QED) is 0.468. The van der Waals surface area contributed by atoms with Gasteiger partial charge in [-0.25, -0.2) is 0 Å². The summed E-state index contributed by atoms with van der Waals surface area (Å²) in [6.07, 6.45) is 8.31. The number of hydrogen-bond donors (Lipinski definition) is 4. The van der Waals surface area contributed by atoms with Gasteiger partial charge in [0, 0.05) is 43.0 Å². The van der Waals surface area contributed by atoms with Crippen molar-refractivity contribution in [3.63, 3.8) is 0 Å². The molecule has 0 aliphatic carbocycles. The Bertz CT molecular complexity index is 915. The summed E-state index contributed by atoms with van der Waals surface area (Å²) in [4.78, 5) is 46.1. The SMILES string of the molecule is NC(=O)C(=O)C(Cc1cc[nH]c1)NC(=O)c1c[nH]cc1-c1ccccn1. The van der Waals surface area contributed by atoms with Gasteiger partial charge in [-0.1, -0.05) is 6.07 Å². The second-order valence-corrected chi connectivity index (χ2v) is 5.68. The zero-order valence-electron chi connectivity index (χ0n) is 13.7. The Labute approximate surface area is 148 Å². The lowest BCUT2D eigenvalue weighted by Crippen LogP contribution is -2.47. The van der Waals surface area contributed by atoms with Crippen LogP contribution in [0.1, 0.15) is 15.9 Å². The van der Waals surface area contributed by atoms with Gasteiger partial charge < -0.3 is 21.0 Å². The number of nitrogens with zero attached hydrogens (tertiary/aromatic N) is 1. The second-order valence-electron chi connectivity index (χ2n) is 5.68. The molecule has 0 saturated carbocycles. The highest BCUT2D eigenvalue weighted by atomic mass is 16.2. The summed E-state index contributed by atoms with van der Waals surface area (Å²) < 4.78 is 0. The molecule has 2 amide bonds. The number of carbonyl (C=O) groups is 3. The molecule has 5 N–H and O–H groups in total. The zero-order chi connectivity index (χ0) is 18.5. The average molecular weight is 351 g/mol. The minimum atomic E-state index is -1.09. The molecule has 132 valence electrons. The van der Waals surface area contributed by atoms with Gasteiger partial charge in [-0.3, -0.25) is 19.4 Å². The maximum atomic E-state index is 12.7. The molecule has 1 unspecified atom stereocenters. The van der Waals surface area contributed by atoms with Crippen molar-refractivity contribution in [1.29, 1.82) is 0 Å². The highest BCUT2D eigenvalue weighted by Gasteiger charge is 2.27. The summed E-state index contributed by atoms with van der Waals surface area (Å²) >= 11 is 0. The topological polar surface area (TPSA) is 134 Å². The summed E-state index contributed by atoms with van der Waals surface area (Å²) in [6.45, 7) is 0. The van der Waals surface area contributed by atoms with Crippen molar-refractivity contribution in [2.24, 2.45) is 5.73 Å². The van der Waals surface area contributed by atoms with E-state index in [1.54, 1.807) is 43.0 Å². The molecule has 0 spiro atoms. The maximum absolute atomic E-state index is 12.7. The van der Waals surface area contributed by atoms with Crippen molar-refractivity contribution >= 4 is 17.6 Å². The molecule has 8 heteroatoms. The average Bonchev–Trinajstić information content (AvgIpc) is 3.32. The standard InChI is InChI=1S/C18H17N5O3/c19-17(25)16(24)15(7-11-4-6-20-8-11)23-18(26)13-10-21-9-12(13)14-3-1-2-5-22-14/h1-6,8-10,15,20-21H,7H2,(H2,19,25)(H,23,26). The fourth-order valence-electron chi connectivity index (χ4n) is 2.62. The van der Waals surface area contributed by atoms with E-state index in [0.29, 0.717) is 16.8 Å². The lowest BCUT2D eigenvalue weighted by molar-refractivity contribution is -0.137. The first-order valence-electron chi connectivity index (χ1n) is 7.90. The largest absolute Gasteiger partial charge is 0.367 e. The molecule has 0 bridgehead atoms. The van der Waals surface area contributed by atoms with E-state index in [4.69, 9.17) is 5.73 Å². The summed E-state index contributed by atoms with van der Waals surface area (Å²) in [5.74, 6) is -2.44. The van der Waals surface area contributed by atoms with Crippen molar-refractivity contribution in [3.8, 4) is 11.3 Å². The molecule has 3 aromatic rings. The third kappa shape index (κ3) is 3.69. The normalized spacial score (nSPS) is 11.7. The van der Waals surface area contributed by atoms with Crippen LogP contribution in [0.3, 0.4) is 0 Å². The van der Waals surface area contributed by atoms with Crippen molar-refractivity contribution in [3.05, 3.63) is 66.4 Å². The number of amides is 2. The smallest absolute Gasteiger partial charge is 0.287 e. The van der Waals surface area contributed by atoms with Crippen molar-refractivity contribution in [2.45, 2.75) is 12.5 Å². The maximum Gasteiger partial charge on any atom is 0.287 e. The molecule has 8 nitrogen and oxygen atoms in total. The highest BCUT2D eigenvalue weighted by molar-refractivity contribution is 6.38. The Morgan fingerprint density at radius 3 is 2.62 bits per heavy atom. The number of ketones is 1. The van der Waals surface area contributed by atoms with Crippen LogP contribution in [-0.4, -0.2) is 38.6 Å². The van der Waals surface area contributed by atoms with Crippen LogP contribution in [0.2, 0.25) is 0 Å². The predicted molar refractivity (Wildman–Crippen MR) is 94.0 cm³/mol. The molecular formula is C18H17N5O3. The number of aromatic amines is 2. The van der Waals surface area contributed by atoms with Crippen LogP contribution < -0.4 is 11.1 Å². The van der Waals surface area contributed by atoms with Gasteiger partial charge in [-0.15, -0.1) is 0 Å². The first-order chi connectivity index (χ1) is 12.6. The molecular weight excluding hydrogens is 334 g/mol. The first kappa shape index (κ1) is 17.2. The third-order valence-corrected chi connectivity index (χ3v) is 3.90. The number of Topliss-reactive ketones (excluding diaryl/α,β-unsaturated/α-hetero) is 1. The second kappa shape index (κ2) is 7.47. The van der Waals surface area contributed by atoms with Gasteiger partial charge in [0.25, 0.3) is 11.8 Å². The van der Waals surface area contributed by atoms with Crippen LogP contribution in [0.15, 0.2) is 55.2 Å². The Kier molecular flexibility index (Phi) is 4.93. The van der Waals surface area contributed by atoms with Crippen LogP contribution >= 0.6 is 0 Å². The molecule has 0 aromatic carbocycles. The number of H-pyrrole nitrogens is 2. The molecule has 0 aliphatic rings. The van der Waals surface area contributed by atoms with Gasteiger partial charge >= 0.3 is 0 Å². The summed E-state index contributed by atoms with van der Waals surface area (Å²) in [7, 11) is 0. The van der Waals surface area contributed by atoms with E-state index in [-0.39, 0.29) is 6.42 Å². The number of nitrogens with two attached hydrogens (primary N) is 1. The molecule has 26 heavy (non-hydrogen) atoms.